The van der Waals surface area contributed by atoms with E-state index in [1.165, 1.54) is 12.1 Å². The van der Waals surface area contributed by atoms with Crippen molar-refractivity contribution >= 4 is 0 Å². The Balaban J connectivity index is 0.00000162. The maximum atomic E-state index is 13.5. The average Bonchev–Trinajstić information content (AvgIpc) is 2.34. The standard InChI is InChI=1S/C15H11F2.Li/c1-2-4-11-7-9-12(10-8-11)13-5-3-6-14(16)15(13)17;/h2-3,5,7-10H,1,4H2;/q-1;+1. The number of benzene rings is 2. The van der Waals surface area contributed by atoms with Gasteiger partial charge in [0.15, 0.2) is 0 Å². The third kappa shape index (κ3) is 3.10. The van der Waals surface area contributed by atoms with Crippen molar-refractivity contribution in [2.45, 2.75) is 6.42 Å². The molecule has 0 aliphatic heterocycles. The molecule has 0 aliphatic carbocycles. The van der Waals surface area contributed by atoms with Crippen LogP contribution in [0.15, 0.2) is 49.1 Å². The first-order chi connectivity index (χ1) is 8.22. The second-order valence-corrected chi connectivity index (χ2v) is 3.71. The SMILES string of the molecule is C=CCc1ccc(-c2cc[c-]c(F)c2F)cc1.[Li+]. The van der Waals surface area contributed by atoms with Crippen LogP contribution in [0.2, 0.25) is 0 Å². The molecule has 0 aliphatic rings. The fourth-order valence-corrected chi connectivity index (χ4v) is 1.66. The Morgan fingerprint density at radius 2 is 1.78 bits per heavy atom. The Hall–Kier alpha value is -1.36. The Bertz CT molecular complexity index is 533. The second kappa shape index (κ2) is 6.54. The Labute approximate surface area is 118 Å². The van der Waals surface area contributed by atoms with Crippen LogP contribution in [0.5, 0.6) is 0 Å². The number of rotatable bonds is 3. The summed E-state index contributed by atoms with van der Waals surface area (Å²) < 4.78 is 26.5. The molecule has 0 nitrogen and oxygen atoms in total. The molecule has 2 rings (SSSR count). The van der Waals surface area contributed by atoms with Crippen LogP contribution in [0.4, 0.5) is 8.78 Å². The number of halogens is 2. The molecule has 0 radical (unpaired) electrons. The summed E-state index contributed by atoms with van der Waals surface area (Å²) in [6.45, 7) is 3.65. The first-order valence-electron chi connectivity index (χ1n) is 5.28. The normalized spacial score (nSPS) is 9.67. The smallest absolute Gasteiger partial charge is 0.281 e. The van der Waals surface area contributed by atoms with Crippen molar-refractivity contribution in [3.8, 4) is 11.1 Å². The van der Waals surface area contributed by atoms with Crippen molar-refractivity contribution in [2.24, 2.45) is 0 Å². The maximum absolute atomic E-state index is 13.5. The van der Waals surface area contributed by atoms with Crippen LogP contribution in [-0.4, -0.2) is 0 Å². The van der Waals surface area contributed by atoms with Crippen molar-refractivity contribution < 1.29 is 27.6 Å². The van der Waals surface area contributed by atoms with E-state index in [-0.39, 0.29) is 24.4 Å². The van der Waals surface area contributed by atoms with Gasteiger partial charge in [-0.15, -0.1) is 12.6 Å². The minimum Gasteiger partial charge on any atom is -0.281 e. The summed E-state index contributed by atoms with van der Waals surface area (Å²) in [7, 11) is 0. The molecule has 0 N–H and O–H groups in total. The van der Waals surface area contributed by atoms with Gasteiger partial charge in [-0.25, -0.2) is 4.39 Å². The van der Waals surface area contributed by atoms with Crippen LogP contribution in [-0.2, 0) is 6.42 Å². The van der Waals surface area contributed by atoms with E-state index in [1.807, 2.05) is 12.1 Å². The monoisotopic (exact) mass is 236 g/mol. The third-order valence-corrected chi connectivity index (χ3v) is 2.53. The number of hydrogen-bond acceptors (Lipinski definition) is 0. The zero-order chi connectivity index (χ0) is 12.3. The van der Waals surface area contributed by atoms with Gasteiger partial charge in [0, 0.05) is 5.82 Å². The van der Waals surface area contributed by atoms with Crippen LogP contribution in [0.1, 0.15) is 5.56 Å². The zero-order valence-electron chi connectivity index (χ0n) is 10.2. The zero-order valence-corrected chi connectivity index (χ0v) is 10.2. The van der Waals surface area contributed by atoms with E-state index in [4.69, 9.17) is 0 Å². The predicted molar refractivity (Wildman–Crippen MR) is 64.5 cm³/mol. The van der Waals surface area contributed by atoms with E-state index in [1.54, 1.807) is 18.2 Å². The molecule has 2 aromatic carbocycles. The first-order valence-corrected chi connectivity index (χ1v) is 5.28. The molecular weight excluding hydrogens is 225 g/mol. The van der Waals surface area contributed by atoms with Gasteiger partial charge in [0.1, 0.15) is 0 Å². The van der Waals surface area contributed by atoms with E-state index in [0.29, 0.717) is 5.56 Å². The van der Waals surface area contributed by atoms with Gasteiger partial charge >= 0.3 is 18.9 Å². The van der Waals surface area contributed by atoms with E-state index in [2.05, 4.69) is 12.6 Å². The van der Waals surface area contributed by atoms with Gasteiger partial charge in [0.25, 0.3) is 0 Å². The first kappa shape index (κ1) is 14.7. The molecule has 0 bridgehead atoms. The molecule has 0 amide bonds. The summed E-state index contributed by atoms with van der Waals surface area (Å²) >= 11 is 0. The van der Waals surface area contributed by atoms with Crippen LogP contribution >= 0.6 is 0 Å². The molecule has 0 saturated carbocycles. The molecule has 0 aromatic heterocycles. The van der Waals surface area contributed by atoms with Crippen molar-refractivity contribution in [3.05, 3.63) is 72.3 Å². The third-order valence-electron chi connectivity index (χ3n) is 2.53. The van der Waals surface area contributed by atoms with E-state index >= 15 is 0 Å². The van der Waals surface area contributed by atoms with Gasteiger partial charge in [-0.05, 0) is 17.5 Å². The molecule has 0 heterocycles. The quantitative estimate of drug-likeness (QED) is 0.426. The van der Waals surface area contributed by atoms with Crippen molar-refractivity contribution in [1.82, 2.24) is 0 Å². The summed E-state index contributed by atoms with van der Waals surface area (Å²) in [5.74, 6) is -1.80. The molecule has 86 valence electrons. The maximum Gasteiger partial charge on any atom is 1.00 e. The van der Waals surface area contributed by atoms with Crippen LogP contribution < -0.4 is 18.9 Å². The number of hydrogen-bond donors (Lipinski definition) is 0. The molecule has 18 heavy (non-hydrogen) atoms. The molecule has 0 unspecified atom stereocenters. The summed E-state index contributed by atoms with van der Waals surface area (Å²) in [6.07, 6.45) is 2.56. The number of allylic oxidation sites excluding steroid dienone is 1. The van der Waals surface area contributed by atoms with Gasteiger partial charge in [-0.2, -0.15) is 12.1 Å². The van der Waals surface area contributed by atoms with Gasteiger partial charge in [-0.1, -0.05) is 35.9 Å². The van der Waals surface area contributed by atoms with E-state index in [0.717, 1.165) is 12.0 Å². The molecule has 0 fully saturated rings. The van der Waals surface area contributed by atoms with Gasteiger partial charge in [-0.3, -0.25) is 4.39 Å². The summed E-state index contributed by atoms with van der Waals surface area (Å²) in [4.78, 5) is 0. The van der Waals surface area contributed by atoms with Crippen LogP contribution in [0.25, 0.3) is 11.1 Å². The van der Waals surface area contributed by atoms with E-state index < -0.39 is 11.6 Å². The summed E-state index contributed by atoms with van der Waals surface area (Å²) in [6, 6.07) is 12.4. The Kier molecular flexibility index (Phi) is 5.34. The minimum atomic E-state index is -0.947. The Morgan fingerprint density at radius 1 is 1.11 bits per heavy atom. The van der Waals surface area contributed by atoms with Crippen molar-refractivity contribution in [3.63, 3.8) is 0 Å². The van der Waals surface area contributed by atoms with Crippen LogP contribution in [0, 0.1) is 17.7 Å². The fraction of sp³-hybridized carbons (Fsp3) is 0.0667. The molecule has 0 atom stereocenters. The largest absolute Gasteiger partial charge is 1.00 e. The fourth-order valence-electron chi connectivity index (χ4n) is 1.66. The topological polar surface area (TPSA) is 0 Å². The van der Waals surface area contributed by atoms with Gasteiger partial charge < -0.3 is 0 Å². The second-order valence-electron chi connectivity index (χ2n) is 3.71. The molecule has 3 heteroatoms. The van der Waals surface area contributed by atoms with Crippen molar-refractivity contribution in [1.29, 1.82) is 0 Å². The Morgan fingerprint density at radius 3 is 2.39 bits per heavy atom. The predicted octanol–water partition coefficient (Wildman–Crippen LogP) is 1.16. The van der Waals surface area contributed by atoms with Crippen molar-refractivity contribution in [2.75, 3.05) is 0 Å². The molecule has 0 saturated heterocycles. The average molecular weight is 236 g/mol. The van der Waals surface area contributed by atoms with Gasteiger partial charge in [0.05, 0.1) is 5.82 Å². The van der Waals surface area contributed by atoms with Crippen LogP contribution in [0.3, 0.4) is 0 Å². The molecule has 0 spiro atoms. The molecule has 2 aromatic rings. The minimum absolute atomic E-state index is 0. The van der Waals surface area contributed by atoms with E-state index in [9.17, 15) is 8.78 Å². The summed E-state index contributed by atoms with van der Waals surface area (Å²) in [5, 5.41) is 0. The molecular formula is C15H11F2Li. The van der Waals surface area contributed by atoms with Gasteiger partial charge in [0.2, 0.25) is 0 Å². The summed E-state index contributed by atoms with van der Waals surface area (Å²) in [5.41, 5.74) is 2.00.